The fourth-order valence-electron chi connectivity index (χ4n) is 2.18. The van der Waals surface area contributed by atoms with Crippen molar-refractivity contribution in [1.29, 1.82) is 5.26 Å². The molecule has 108 valence electrons. The number of aryl methyl sites for hydroxylation is 3. The lowest BCUT2D eigenvalue weighted by Crippen LogP contribution is -2.11. The highest BCUT2D eigenvalue weighted by Gasteiger charge is 2.19. The minimum Gasteiger partial charge on any atom is -0.378 e. The summed E-state index contributed by atoms with van der Waals surface area (Å²) >= 11 is 0. The Labute approximate surface area is 124 Å². The van der Waals surface area contributed by atoms with Crippen molar-refractivity contribution in [3.05, 3.63) is 58.7 Å². The first-order valence-corrected chi connectivity index (χ1v) is 7.77. The van der Waals surface area contributed by atoms with Gasteiger partial charge < -0.3 is 4.18 Å². The van der Waals surface area contributed by atoms with Gasteiger partial charge in [0.1, 0.15) is 10.6 Å². The molecule has 21 heavy (non-hydrogen) atoms. The summed E-state index contributed by atoms with van der Waals surface area (Å²) < 4.78 is 29.9. The molecule has 5 heteroatoms. The molecule has 0 fully saturated rings. The zero-order chi connectivity index (χ0) is 15.6. The highest BCUT2D eigenvalue weighted by atomic mass is 32.2. The first-order valence-electron chi connectivity index (χ1n) is 6.36. The number of hydrogen-bond donors (Lipinski definition) is 0. The lowest BCUT2D eigenvalue weighted by Gasteiger charge is -2.13. The largest absolute Gasteiger partial charge is 0.378 e. The highest BCUT2D eigenvalue weighted by Crippen LogP contribution is 2.28. The normalized spacial score (nSPS) is 11.0. The lowest BCUT2D eigenvalue weighted by atomic mass is 10.1. The van der Waals surface area contributed by atoms with Crippen molar-refractivity contribution in [2.45, 2.75) is 25.7 Å². The van der Waals surface area contributed by atoms with Crippen LogP contribution in [-0.4, -0.2) is 8.42 Å². The van der Waals surface area contributed by atoms with Gasteiger partial charge in [-0.05, 0) is 50.1 Å². The summed E-state index contributed by atoms with van der Waals surface area (Å²) in [5, 5.41) is 8.85. The molecule has 0 bridgehead atoms. The minimum absolute atomic E-state index is 0.0269. The zero-order valence-corrected chi connectivity index (χ0v) is 12.9. The van der Waals surface area contributed by atoms with Crippen molar-refractivity contribution in [3.63, 3.8) is 0 Å². The summed E-state index contributed by atoms with van der Waals surface area (Å²) in [6.07, 6.45) is 0. The maximum atomic E-state index is 12.3. The fraction of sp³-hybridized carbons (Fsp3) is 0.188. The van der Waals surface area contributed by atoms with Crippen molar-refractivity contribution in [2.24, 2.45) is 0 Å². The lowest BCUT2D eigenvalue weighted by molar-refractivity contribution is 0.482. The van der Waals surface area contributed by atoms with E-state index in [9.17, 15) is 8.42 Å². The molecule has 2 aromatic rings. The molecule has 0 aliphatic heterocycles. The molecule has 0 amide bonds. The van der Waals surface area contributed by atoms with Crippen LogP contribution in [-0.2, 0) is 10.1 Å². The molecule has 2 aromatic carbocycles. The number of hydrogen-bond acceptors (Lipinski definition) is 4. The van der Waals surface area contributed by atoms with Crippen molar-refractivity contribution >= 4 is 10.1 Å². The Morgan fingerprint density at radius 1 is 1.05 bits per heavy atom. The van der Waals surface area contributed by atoms with Crippen LogP contribution >= 0.6 is 0 Å². The fourth-order valence-corrected chi connectivity index (χ4v) is 3.27. The molecule has 0 saturated heterocycles. The van der Waals surface area contributed by atoms with E-state index in [-0.39, 0.29) is 10.5 Å². The number of benzene rings is 2. The van der Waals surface area contributed by atoms with Gasteiger partial charge in [-0.3, -0.25) is 0 Å². The van der Waals surface area contributed by atoms with Gasteiger partial charge in [0.15, 0.2) is 0 Å². The molecular weight excluding hydrogens is 286 g/mol. The quantitative estimate of drug-likeness (QED) is 0.816. The van der Waals surface area contributed by atoms with Crippen LogP contribution in [0, 0.1) is 32.1 Å². The third kappa shape index (κ3) is 3.23. The van der Waals surface area contributed by atoms with E-state index in [0.717, 1.165) is 16.7 Å². The average Bonchev–Trinajstić information content (AvgIpc) is 2.43. The Kier molecular flexibility index (Phi) is 4.01. The molecule has 0 heterocycles. The SMILES string of the molecule is Cc1cc(C)c(OS(=O)(=O)c2cccc(C#N)c2)c(C)c1. The third-order valence-electron chi connectivity index (χ3n) is 3.05. The minimum atomic E-state index is -3.95. The van der Waals surface area contributed by atoms with E-state index in [1.54, 1.807) is 19.9 Å². The topological polar surface area (TPSA) is 67.2 Å². The van der Waals surface area contributed by atoms with Gasteiger partial charge in [0, 0.05) is 0 Å². The Hall–Kier alpha value is -2.32. The van der Waals surface area contributed by atoms with E-state index in [4.69, 9.17) is 9.44 Å². The van der Waals surface area contributed by atoms with Crippen LogP contribution in [0.3, 0.4) is 0 Å². The number of nitrogens with zero attached hydrogens (tertiary/aromatic N) is 1. The van der Waals surface area contributed by atoms with Gasteiger partial charge in [0.05, 0.1) is 11.6 Å². The smallest absolute Gasteiger partial charge is 0.339 e. The van der Waals surface area contributed by atoms with Crippen LogP contribution in [0.15, 0.2) is 41.3 Å². The van der Waals surface area contributed by atoms with Gasteiger partial charge in [-0.25, -0.2) is 0 Å². The average molecular weight is 301 g/mol. The molecule has 0 aliphatic rings. The highest BCUT2D eigenvalue weighted by molar-refractivity contribution is 7.87. The second-order valence-electron chi connectivity index (χ2n) is 4.90. The summed E-state index contributed by atoms with van der Waals surface area (Å²) in [5.41, 5.74) is 2.83. The van der Waals surface area contributed by atoms with Gasteiger partial charge in [-0.1, -0.05) is 23.8 Å². The molecule has 4 nitrogen and oxygen atoms in total. The van der Waals surface area contributed by atoms with Gasteiger partial charge in [-0.15, -0.1) is 0 Å². The van der Waals surface area contributed by atoms with Gasteiger partial charge in [-0.2, -0.15) is 13.7 Å². The van der Waals surface area contributed by atoms with E-state index in [0.29, 0.717) is 5.75 Å². The van der Waals surface area contributed by atoms with Gasteiger partial charge in [0.25, 0.3) is 0 Å². The number of rotatable bonds is 3. The van der Waals surface area contributed by atoms with Gasteiger partial charge >= 0.3 is 10.1 Å². The first kappa shape index (κ1) is 15.1. The van der Waals surface area contributed by atoms with Crippen LogP contribution < -0.4 is 4.18 Å². The molecule has 0 radical (unpaired) electrons. The summed E-state index contributed by atoms with van der Waals surface area (Å²) in [4.78, 5) is -0.0269. The molecule has 2 rings (SSSR count). The predicted molar refractivity (Wildman–Crippen MR) is 79.6 cm³/mol. The summed E-state index contributed by atoms with van der Waals surface area (Å²) in [7, 11) is -3.95. The van der Waals surface area contributed by atoms with E-state index in [1.165, 1.54) is 18.2 Å². The molecule has 0 aliphatic carbocycles. The molecule has 0 N–H and O–H groups in total. The van der Waals surface area contributed by atoms with E-state index < -0.39 is 10.1 Å². The molecular formula is C16H15NO3S. The van der Waals surface area contributed by atoms with Crippen LogP contribution in [0.1, 0.15) is 22.3 Å². The second-order valence-corrected chi connectivity index (χ2v) is 6.45. The maximum absolute atomic E-state index is 12.3. The monoisotopic (exact) mass is 301 g/mol. The number of nitriles is 1. The zero-order valence-electron chi connectivity index (χ0n) is 12.0. The van der Waals surface area contributed by atoms with Gasteiger partial charge in [0.2, 0.25) is 0 Å². The summed E-state index contributed by atoms with van der Waals surface area (Å²) in [6.45, 7) is 5.54. The van der Waals surface area contributed by atoms with E-state index in [2.05, 4.69) is 0 Å². The first-order chi connectivity index (χ1) is 9.83. The maximum Gasteiger partial charge on any atom is 0.339 e. The van der Waals surface area contributed by atoms with Crippen LogP contribution in [0.4, 0.5) is 0 Å². The van der Waals surface area contributed by atoms with Crippen LogP contribution in [0.5, 0.6) is 5.75 Å². The Bertz CT molecular complexity index is 810. The second kappa shape index (κ2) is 5.58. The Morgan fingerprint density at radius 2 is 1.67 bits per heavy atom. The van der Waals surface area contributed by atoms with Crippen LogP contribution in [0.2, 0.25) is 0 Å². The summed E-state index contributed by atoms with van der Waals surface area (Å²) in [5.74, 6) is 0.336. The van der Waals surface area contributed by atoms with E-state index in [1.807, 2.05) is 25.1 Å². The van der Waals surface area contributed by atoms with Crippen molar-refractivity contribution < 1.29 is 12.6 Å². The molecule has 0 unspecified atom stereocenters. The van der Waals surface area contributed by atoms with E-state index >= 15 is 0 Å². The van der Waals surface area contributed by atoms with Crippen LogP contribution in [0.25, 0.3) is 0 Å². The summed E-state index contributed by atoms with van der Waals surface area (Å²) in [6, 6.07) is 11.4. The standard InChI is InChI=1S/C16H15NO3S/c1-11-7-12(2)16(13(3)8-11)20-21(18,19)15-6-4-5-14(9-15)10-17/h4-9H,1-3H3. The molecule has 0 saturated carbocycles. The molecule has 0 aromatic heterocycles. The van der Waals surface area contributed by atoms with Crippen molar-refractivity contribution in [2.75, 3.05) is 0 Å². The molecule has 0 atom stereocenters. The third-order valence-corrected chi connectivity index (χ3v) is 4.27. The van der Waals surface area contributed by atoms with Crippen molar-refractivity contribution in [3.8, 4) is 11.8 Å². The Balaban J connectivity index is 2.45. The predicted octanol–water partition coefficient (Wildman–Crippen LogP) is 3.25. The van der Waals surface area contributed by atoms with Crippen molar-refractivity contribution in [1.82, 2.24) is 0 Å². The molecule has 0 spiro atoms. The Morgan fingerprint density at radius 3 is 2.24 bits per heavy atom.